The van der Waals surface area contributed by atoms with Gasteiger partial charge in [0.1, 0.15) is 5.82 Å². The van der Waals surface area contributed by atoms with Crippen LogP contribution in [-0.4, -0.2) is 11.3 Å². The molecule has 2 aromatic carbocycles. The second-order valence-electron chi connectivity index (χ2n) is 6.28. The first-order chi connectivity index (χ1) is 10.4. The van der Waals surface area contributed by atoms with E-state index in [0.717, 1.165) is 23.2 Å². The summed E-state index contributed by atoms with van der Waals surface area (Å²) in [5, 5.41) is 3.39. The van der Waals surface area contributed by atoms with E-state index in [4.69, 9.17) is 0 Å². The van der Waals surface area contributed by atoms with Crippen LogP contribution in [0, 0.1) is 5.82 Å². The molecule has 0 spiro atoms. The molecule has 2 aromatic rings. The molecular weight excluding hydrogens is 277 g/mol. The van der Waals surface area contributed by atoms with E-state index in [-0.39, 0.29) is 17.1 Å². The lowest BCUT2D eigenvalue weighted by Gasteiger charge is -2.35. The standard InChI is InChI=1S/C19H18FNO/c1-19(2)12-14-10-15(20)8-9-16(14)17(21-19)11-18(22)13-6-4-3-5-7-13/h3-11,21H,12H2,1-2H3. The molecular formula is C19H18FNO. The van der Waals surface area contributed by atoms with E-state index < -0.39 is 0 Å². The first-order valence-corrected chi connectivity index (χ1v) is 7.33. The Morgan fingerprint density at radius 1 is 1.18 bits per heavy atom. The fourth-order valence-corrected chi connectivity index (χ4v) is 2.85. The Bertz CT molecular complexity index is 747. The number of hydrogen-bond acceptors (Lipinski definition) is 2. The van der Waals surface area contributed by atoms with Crippen LogP contribution in [0.2, 0.25) is 0 Å². The van der Waals surface area contributed by atoms with Crippen LogP contribution in [0.25, 0.3) is 5.70 Å². The molecule has 0 aromatic heterocycles. The highest BCUT2D eigenvalue weighted by molar-refractivity contribution is 6.08. The lowest BCUT2D eigenvalue weighted by atomic mass is 9.85. The number of hydrogen-bond donors (Lipinski definition) is 1. The van der Waals surface area contributed by atoms with Gasteiger partial charge in [-0.1, -0.05) is 30.3 Å². The molecule has 0 radical (unpaired) electrons. The van der Waals surface area contributed by atoms with Gasteiger partial charge in [0.05, 0.1) is 0 Å². The van der Waals surface area contributed by atoms with Crippen LogP contribution in [0.15, 0.2) is 54.6 Å². The molecule has 112 valence electrons. The van der Waals surface area contributed by atoms with Crippen molar-refractivity contribution >= 4 is 11.5 Å². The molecule has 2 nitrogen and oxygen atoms in total. The van der Waals surface area contributed by atoms with Gasteiger partial charge < -0.3 is 5.32 Å². The van der Waals surface area contributed by atoms with Gasteiger partial charge in [0, 0.05) is 28.4 Å². The Morgan fingerprint density at radius 3 is 2.64 bits per heavy atom. The lowest BCUT2D eigenvalue weighted by Crippen LogP contribution is -2.43. The van der Waals surface area contributed by atoms with E-state index in [2.05, 4.69) is 5.32 Å². The van der Waals surface area contributed by atoms with Crippen LogP contribution in [-0.2, 0) is 6.42 Å². The number of benzene rings is 2. The Morgan fingerprint density at radius 2 is 1.91 bits per heavy atom. The van der Waals surface area contributed by atoms with Crippen molar-refractivity contribution in [1.82, 2.24) is 5.32 Å². The van der Waals surface area contributed by atoms with Crippen LogP contribution in [0.5, 0.6) is 0 Å². The molecule has 0 fully saturated rings. The highest BCUT2D eigenvalue weighted by atomic mass is 19.1. The van der Waals surface area contributed by atoms with Crippen LogP contribution in [0.1, 0.15) is 35.3 Å². The zero-order valence-corrected chi connectivity index (χ0v) is 12.7. The second-order valence-corrected chi connectivity index (χ2v) is 6.28. The molecule has 3 heteroatoms. The number of ketones is 1. The maximum atomic E-state index is 13.5. The molecule has 0 atom stereocenters. The Balaban J connectivity index is 2.03. The average molecular weight is 295 g/mol. The van der Waals surface area contributed by atoms with E-state index >= 15 is 0 Å². The van der Waals surface area contributed by atoms with E-state index in [1.54, 1.807) is 30.3 Å². The summed E-state index contributed by atoms with van der Waals surface area (Å²) in [4.78, 5) is 12.4. The predicted octanol–water partition coefficient (Wildman–Crippen LogP) is 3.97. The van der Waals surface area contributed by atoms with Gasteiger partial charge in [0.2, 0.25) is 0 Å². The highest BCUT2D eigenvalue weighted by Crippen LogP contribution is 2.30. The Hall–Kier alpha value is -2.42. The predicted molar refractivity (Wildman–Crippen MR) is 86.1 cm³/mol. The summed E-state index contributed by atoms with van der Waals surface area (Å²) in [5.41, 5.74) is 2.99. The lowest BCUT2D eigenvalue weighted by molar-refractivity contribution is 0.104. The van der Waals surface area contributed by atoms with Gasteiger partial charge in [-0.2, -0.15) is 0 Å². The number of carbonyl (C=O) groups excluding carboxylic acids is 1. The quantitative estimate of drug-likeness (QED) is 0.671. The van der Waals surface area contributed by atoms with Crippen LogP contribution in [0.3, 0.4) is 0 Å². The summed E-state index contributed by atoms with van der Waals surface area (Å²) in [6.45, 7) is 4.09. The molecule has 0 amide bonds. The maximum Gasteiger partial charge on any atom is 0.187 e. The molecule has 3 rings (SSSR count). The van der Waals surface area contributed by atoms with Crippen molar-refractivity contribution < 1.29 is 9.18 Å². The summed E-state index contributed by atoms with van der Waals surface area (Å²) in [6.07, 6.45) is 2.32. The van der Waals surface area contributed by atoms with Crippen molar-refractivity contribution in [2.45, 2.75) is 25.8 Å². The summed E-state index contributed by atoms with van der Waals surface area (Å²) in [6, 6.07) is 13.9. The number of nitrogens with one attached hydrogen (secondary N) is 1. The summed E-state index contributed by atoms with van der Waals surface area (Å²) in [5.74, 6) is -0.304. The fourth-order valence-electron chi connectivity index (χ4n) is 2.85. The average Bonchev–Trinajstić information content (AvgIpc) is 2.46. The van der Waals surface area contributed by atoms with Crippen molar-refractivity contribution in [3.05, 3.63) is 77.1 Å². The van der Waals surface area contributed by atoms with E-state index in [9.17, 15) is 9.18 Å². The summed E-state index contributed by atoms with van der Waals surface area (Å²) in [7, 11) is 0. The maximum absolute atomic E-state index is 13.5. The minimum Gasteiger partial charge on any atom is -0.379 e. The van der Waals surface area contributed by atoms with E-state index in [1.165, 1.54) is 6.07 Å². The van der Waals surface area contributed by atoms with Gasteiger partial charge in [0.25, 0.3) is 0 Å². The molecule has 22 heavy (non-hydrogen) atoms. The van der Waals surface area contributed by atoms with Crippen molar-refractivity contribution in [2.24, 2.45) is 0 Å². The molecule has 1 aliphatic rings. The van der Waals surface area contributed by atoms with Gasteiger partial charge in [-0.25, -0.2) is 4.39 Å². The van der Waals surface area contributed by atoms with Crippen molar-refractivity contribution in [3.63, 3.8) is 0 Å². The van der Waals surface area contributed by atoms with Crippen LogP contribution >= 0.6 is 0 Å². The van der Waals surface area contributed by atoms with E-state index in [1.807, 2.05) is 32.0 Å². The number of carbonyl (C=O) groups is 1. The van der Waals surface area contributed by atoms with Gasteiger partial charge in [-0.05, 0) is 44.0 Å². The van der Waals surface area contributed by atoms with E-state index in [0.29, 0.717) is 5.56 Å². The van der Waals surface area contributed by atoms with Gasteiger partial charge in [-0.3, -0.25) is 4.79 Å². The summed E-state index contributed by atoms with van der Waals surface area (Å²) < 4.78 is 13.5. The van der Waals surface area contributed by atoms with Crippen LogP contribution < -0.4 is 5.32 Å². The molecule has 0 aliphatic carbocycles. The fraction of sp³-hybridized carbons (Fsp3) is 0.211. The molecule has 1 aliphatic heterocycles. The minimum absolute atomic E-state index is 0.0592. The Labute approximate surface area is 129 Å². The number of rotatable bonds is 2. The first kappa shape index (κ1) is 14.5. The third-order valence-corrected chi connectivity index (χ3v) is 3.80. The zero-order valence-electron chi connectivity index (χ0n) is 12.7. The second kappa shape index (κ2) is 5.41. The smallest absolute Gasteiger partial charge is 0.187 e. The van der Waals surface area contributed by atoms with Gasteiger partial charge in [-0.15, -0.1) is 0 Å². The topological polar surface area (TPSA) is 29.1 Å². The first-order valence-electron chi connectivity index (χ1n) is 7.33. The largest absolute Gasteiger partial charge is 0.379 e. The van der Waals surface area contributed by atoms with Gasteiger partial charge in [0.15, 0.2) is 5.78 Å². The van der Waals surface area contributed by atoms with Crippen molar-refractivity contribution in [2.75, 3.05) is 0 Å². The monoisotopic (exact) mass is 295 g/mol. The number of halogens is 1. The molecule has 1 heterocycles. The molecule has 0 saturated heterocycles. The zero-order chi connectivity index (χ0) is 15.7. The summed E-state index contributed by atoms with van der Waals surface area (Å²) >= 11 is 0. The third kappa shape index (κ3) is 2.93. The Kier molecular flexibility index (Phi) is 3.57. The normalized spacial score (nSPS) is 17.7. The SMILES string of the molecule is CC1(C)Cc2cc(F)ccc2C(=CC(=O)c2ccccc2)N1. The van der Waals surface area contributed by atoms with Crippen molar-refractivity contribution in [1.29, 1.82) is 0 Å². The van der Waals surface area contributed by atoms with Gasteiger partial charge >= 0.3 is 0 Å². The highest BCUT2D eigenvalue weighted by Gasteiger charge is 2.28. The number of allylic oxidation sites excluding steroid dienone is 1. The molecule has 0 bridgehead atoms. The third-order valence-electron chi connectivity index (χ3n) is 3.80. The van der Waals surface area contributed by atoms with Crippen LogP contribution in [0.4, 0.5) is 4.39 Å². The molecule has 0 saturated carbocycles. The van der Waals surface area contributed by atoms with Crippen molar-refractivity contribution in [3.8, 4) is 0 Å². The molecule has 0 unspecified atom stereocenters. The minimum atomic E-state index is -0.245. The molecule has 1 N–H and O–H groups in total. The number of fused-ring (bicyclic) bond motifs is 1.